The van der Waals surface area contributed by atoms with Crippen molar-refractivity contribution in [3.63, 3.8) is 0 Å². The number of nitrogens with zero attached hydrogens (tertiary/aromatic N) is 3. The van der Waals surface area contributed by atoms with Crippen molar-refractivity contribution in [3.05, 3.63) is 48.3 Å². The quantitative estimate of drug-likeness (QED) is 0.846. The van der Waals surface area contributed by atoms with E-state index >= 15 is 0 Å². The number of aryl methyl sites for hydroxylation is 1. The number of aromatic nitrogens is 1. The molecule has 0 radical (unpaired) electrons. The Balaban J connectivity index is 1.66. The van der Waals surface area contributed by atoms with Gasteiger partial charge in [0.25, 0.3) is 0 Å². The zero-order chi connectivity index (χ0) is 14.9. The van der Waals surface area contributed by atoms with Crippen LogP contribution in [0.1, 0.15) is 18.4 Å². The Morgan fingerprint density at radius 2 is 2.00 bits per heavy atom. The molecule has 2 unspecified atom stereocenters. The summed E-state index contributed by atoms with van der Waals surface area (Å²) in [5.41, 5.74) is 5.12. The number of hydrogen-bond acceptors (Lipinski definition) is 3. The van der Waals surface area contributed by atoms with Gasteiger partial charge in [-0.3, -0.25) is 9.88 Å². The van der Waals surface area contributed by atoms with Crippen LogP contribution in [0.15, 0.2) is 42.7 Å². The normalized spacial score (nSPS) is 24.3. The van der Waals surface area contributed by atoms with Crippen molar-refractivity contribution in [2.45, 2.75) is 25.8 Å². The van der Waals surface area contributed by atoms with Crippen LogP contribution in [-0.2, 0) is 0 Å². The van der Waals surface area contributed by atoms with Gasteiger partial charge in [0, 0.05) is 37.4 Å². The van der Waals surface area contributed by atoms with Gasteiger partial charge >= 0.3 is 0 Å². The molecule has 1 aromatic carbocycles. The third-order valence-corrected chi connectivity index (χ3v) is 5.09. The Morgan fingerprint density at radius 3 is 2.91 bits per heavy atom. The van der Waals surface area contributed by atoms with E-state index in [9.17, 15) is 0 Å². The van der Waals surface area contributed by atoms with Crippen LogP contribution >= 0.6 is 0 Å². The second-order valence-corrected chi connectivity index (χ2v) is 6.54. The molecule has 2 fully saturated rings. The Morgan fingerprint density at radius 1 is 1.09 bits per heavy atom. The Hall–Kier alpha value is -1.87. The van der Waals surface area contributed by atoms with Gasteiger partial charge in [0.05, 0.1) is 11.9 Å². The second-order valence-electron chi connectivity index (χ2n) is 6.54. The highest BCUT2D eigenvalue weighted by Crippen LogP contribution is 2.30. The van der Waals surface area contributed by atoms with Crippen molar-refractivity contribution >= 4 is 5.69 Å². The maximum Gasteiger partial charge on any atom is 0.0562 e. The van der Waals surface area contributed by atoms with Gasteiger partial charge in [0.15, 0.2) is 0 Å². The van der Waals surface area contributed by atoms with Crippen molar-refractivity contribution in [1.82, 2.24) is 9.88 Å². The SMILES string of the molecule is Cc1ccccc1-c1cncc(N2CCN3CCCC2C3)c1. The number of piperidine rings is 1. The highest BCUT2D eigenvalue weighted by Gasteiger charge is 2.30. The Kier molecular flexibility index (Phi) is 3.59. The molecule has 0 N–H and O–H groups in total. The van der Waals surface area contributed by atoms with Crippen LogP contribution in [0.25, 0.3) is 11.1 Å². The van der Waals surface area contributed by atoms with E-state index in [-0.39, 0.29) is 0 Å². The lowest BCUT2D eigenvalue weighted by Crippen LogP contribution is -2.56. The van der Waals surface area contributed by atoms with E-state index in [1.54, 1.807) is 0 Å². The zero-order valence-corrected chi connectivity index (χ0v) is 13.2. The van der Waals surface area contributed by atoms with Gasteiger partial charge in [-0.15, -0.1) is 0 Å². The molecule has 4 rings (SSSR count). The van der Waals surface area contributed by atoms with Crippen LogP contribution < -0.4 is 4.90 Å². The fraction of sp³-hybridized carbons (Fsp3) is 0.421. The number of pyridine rings is 1. The molecule has 2 aliphatic heterocycles. The number of hydrogen-bond donors (Lipinski definition) is 0. The van der Waals surface area contributed by atoms with E-state index < -0.39 is 0 Å². The van der Waals surface area contributed by atoms with Gasteiger partial charge in [-0.05, 0) is 43.5 Å². The van der Waals surface area contributed by atoms with Gasteiger partial charge in [-0.25, -0.2) is 0 Å². The van der Waals surface area contributed by atoms with Crippen LogP contribution in [-0.4, -0.2) is 42.1 Å². The first-order valence-corrected chi connectivity index (χ1v) is 8.31. The summed E-state index contributed by atoms with van der Waals surface area (Å²) in [5, 5.41) is 0. The van der Waals surface area contributed by atoms with Crippen molar-refractivity contribution < 1.29 is 0 Å². The molecule has 0 aliphatic carbocycles. The lowest BCUT2D eigenvalue weighted by atomic mass is 9.99. The van der Waals surface area contributed by atoms with Crippen LogP contribution in [0.5, 0.6) is 0 Å². The summed E-state index contributed by atoms with van der Waals surface area (Å²) in [5.74, 6) is 0. The maximum absolute atomic E-state index is 4.53. The molecule has 0 amide bonds. The van der Waals surface area contributed by atoms with Gasteiger partial charge in [-0.2, -0.15) is 0 Å². The van der Waals surface area contributed by atoms with Crippen molar-refractivity contribution in [2.75, 3.05) is 31.1 Å². The van der Waals surface area contributed by atoms with Gasteiger partial charge in [0.2, 0.25) is 0 Å². The highest BCUT2D eigenvalue weighted by atomic mass is 15.3. The highest BCUT2D eigenvalue weighted by molar-refractivity contribution is 5.70. The first-order chi connectivity index (χ1) is 10.8. The van der Waals surface area contributed by atoms with Gasteiger partial charge < -0.3 is 4.90 Å². The van der Waals surface area contributed by atoms with Crippen LogP contribution in [0, 0.1) is 6.92 Å². The smallest absolute Gasteiger partial charge is 0.0562 e. The van der Waals surface area contributed by atoms with Crippen molar-refractivity contribution in [2.24, 2.45) is 0 Å². The predicted octanol–water partition coefficient (Wildman–Crippen LogP) is 3.34. The number of piperazine rings is 1. The van der Waals surface area contributed by atoms with E-state index in [0.717, 1.165) is 6.54 Å². The van der Waals surface area contributed by atoms with E-state index in [1.807, 2.05) is 12.4 Å². The molecule has 1 aromatic heterocycles. The first kappa shape index (κ1) is 13.8. The predicted molar refractivity (Wildman–Crippen MR) is 91.2 cm³/mol. The molecule has 0 saturated carbocycles. The minimum atomic E-state index is 0.663. The van der Waals surface area contributed by atoms with E-state index in [4.69, 9.17) is 0 Å². The van der Waals surface area contributed by atoms with Crippen molar-refractivity contribution in [1.29, 1.82) is 0 Å². The molecular weight excluding hydrogens is 270 g/mol. The third-order valence-electron chi connectivity index (χ3n) is 5.09. The van der Waals surface area contributed by atoms with Gasteiger partial charge in [-0.1, -0.05) is 24.3 Å². The Bertz CT molecular complexity index is 667. The molecule has 2 aliphatic rings. The summed E-state index contributed by atoms with van der Waals surface area (Å²) in [6.07, 6.45) is 6.66. The number of benzene rings is 1. The van der Waals surface area contributed by atoms with Crippen LogP contribution in [0.2, 0.25) is 0 Å². The molecule has 3 heterocycles. The molecule has 3 heteroatoms. The standard InChI is InChI=1S/C19H23N3/c1-15-5-2-3-7-19(15)16-11-18(13-20-12-16)22-10-9-21-8-4-6-17(22)14-21/h2-3,5,7,11-13,17H,4,6,8-10,14H2,1H3. The largest absolute Gasteiger partial charge is 0.365 e. The lowest BCUT2D eigenvalue weighted by molar-refractivity contribution is 0.174. The number of anilines is 1. The number of fused-ring (bicyclic) bond motifs is 2. The second kappa shape index (κ2) is 5.73. The summed E-state index contributed by atoms with van der Waals surface area (Å²) in [6, 6.07) is 11.5. The summed E-state index contributed by atoms with van der Waals surface area (Å²) in [4.78, 5) is 9.70. The topological polar surface area (TPSA) is 19.4 Å². The average Bonchev–Trinajstić information content (AvgIpc) is 2.56. The average molecular weight is 293 g/mol. The summed E-state index contributed by atoms with van der Waals surface area (Å²) >= 11 is 0. The molecule has 0 spiro atoms. The third kappa shape index (κ3) is 2.50. The fourth-order valence-electron chi connectivity index (χ4n) is 3.89. The Labute approximate surface area is 132 Å². The summed E-state index contributed by atoms with van der Waals surface area (Å²) in [6.45, 7) is 6.98. The minimum Gasteiger partial charge on any atom is -0.365 e. The van der Waals surface area contributed by atoms with E-state index in [0.29, 0.717) is 6.04 Å². The van der Waals surface area contributed by atoms with Crippen LogP contribution in [0.4, 0.5) is 5.69 Å². The molecule has 2 bridgehead atoms. The fourth-order valence-corrected chi connectivity index (χ4v) is 3.89. The molecule has 2 saturated heterocycles. The number of rotatable bonds is 2. The summed E-state index contributed by atoms with van der Waals surface area (Å²) < 4.78 is 0. The van der Waals surface area contributed by atoms with E-state index in [2.05, 4.69) is 52.0 Å². The molecule has 2 atom stereocenters. The zero-order valence-electron chi connectivity index (χ0n) is 13.2. The lowest BCUT2D eigenvalue weighted by Gasteiger charge is -2.46. The minimum absolute atomic E-state index is 0.663. The van der Waals surface area contributed by atoms with Crippen molar-refractivity contribution in [3.8, 4) is 11.1 Å². The monoisotopic (exact) mass is 293 g/mol. The molecule has 3 nitrogen and oxygen atoms in total. The maximum atomic E-state index is 4.53. The molecule has 22 heavy (non-hydrogen) atoms. The van der Waals surface area contributed by atoms with Gasteiger partial charge in [0.1, 0.15) is 0 Å². The first-order valence-electron chi connectivity index (χ1n) is 8.31. The molecule has 114 valence electrons. The molecular formula is C19H23N3. The van der Waals surface area contributed by atoms with E-state index in [1.165, 1.54) is 54.9 Å². The van der Waals surface area contributed by atoms with Crippen LogP contribution in [0.3, 0.4) is 0 Å². The molecule has 2 aromatic rings. The summed E-state index contributed by atoms with van der Waals surface area (Å²) in [7, 11) is 0.